The number of ether oxygens (including phenoxy) is 10. The maximum absolute atomic E-state index is 12.6. The smallest absolute Gasteiger partial charge is 0.331 e. The number of fused-ring (bicyclic) bond motifs is 5. The Hall–Kier alpha value is -1.96. The van der Waals surface area contributed by atoms with Gasteiger partial charge in [0.1, 0.15) is 55.4 Å². The highest BCUT2D eigenvalue weighted by atomic mass is 16.8. The van der Waals surface area contributed by atoms with Crippen LogP contribution in [0.15, 0.2) is 11.6 Å². The van der Waals surface area contributed by atoms with Crippen LogP contribution in [0.25, 0.3) is 0 Å². The molecule has 8 N–H and O–H groups in total. The fourth-order valence-corrected chi connectivity index (χ4v) is 14.6. The maximum Gasteiger partial charge on any atom is 0.331 e. The van der Waals surface area contributed by atoms with E-state index < -0.39 is 134 Å². The van der Waals surface area contributed by atoms with Crippen molar-refractivity contribution in [2.24, 2.45) is 34.5 Å². The largest absolute Gasteiger partial charge is 0.459 e. The van der Waals surface area contributed by atoms with Crippen LogP contribution in [0.5, 0.6) is 0 Å². The van der Waals surface area contributed by atoms with Crippen LogP contribution in [0.3, 0.4) is 0 Å². The molecule has 5 unspecified atom stereocenters. The van der Waals surface area contributed by atoms with E-state index in [1.807, 2.05) is 6.92 Å². The molecule has 9 aliphatic rings. The molecule has 20 heteroatoms. The van der Waals surface area contributed by atoms with Crippen molar-refractivity contribution in [3.8, 4) is 0 Å². The first-order valence-corrected chi connectivity index (χ1v) is 25.3. The highest BCUT2D eigenvalue weighted by Gasteiger charge is 2.71. The third kappa shape index (κ3) is 9.48. The Morgan fingerprint density at radius 2 is 1.33 bits per heavy atom. The Bertz CT molecular complexity index is 1850. The summed E-state index contributed by atoms with van der Waals surface area (Å²) in [5, 5.41) is 88.1. The van der Waals surface area contributed by atoms with Gasteiger partial charge in [0.15, 0.2) is 25.2 Å². The van der Waals surface area contributed by atoms with E-state index in [4.69, 9.17) is 47.4 Å². The van der Waals surface area contributed by atoms with Crippen LogP contribution in [0.4, 0.5) is 0 Å². The van der Waals surface area contributed by atoms with E-state index >= 15 is 0 Å². The summed E-state index contributed by atoms with van der Waals surface area (Å²) >= 11 is 0. The number of hydrogen-bond donors (Lipinski definition) is 8. The van der Waals surface area contributed by atoms with Gasteiger partial charge in [-0.05, 0) is 107 Å². The first kappa shape index (κ1) is 51.9. The summed E-state index contributed by atoms with van der Waals surface area (Å²) in [7, 11) is 0. The Morgan fingerprint density at radius 3 is 1.93 bits per heavy atom. The maximum atomic E-state index is 12.6. The van der Waals surface area contributed by atoms with Gasteiger partial charge in [-0.25, -0.2) is 4.79 Å². The molecule has 0 radical (unpaired) electrons. The number of cyclic esters (lactones) is 1. The molecule has 0 aromatic carbocycles. The Labute approximate surface area is 402 Å². The van der Waals surface area contributed by atoms with Crippen LogP contribution < -0.4 is 0 Å². The highest BCUT2D eigenvalue weighted by molar-refractivity contribution is 5.85. The van der Waals surface area contributed by atoms with Gasteiger partial charge in [0.2, 0.25) is 0 Å². The lowest BCUT2D eigenvalue weighted by atomic mass is 9.42. The van der Waals surface area contributed by atoms with Crippen molar-refractivity contribution in [3.05, 3.63) is 11.6 Å². The third-order valence-electron chi connectivity index (χ3n) is 18.4. The molecule has 9 rings (SSSR count). The predicted molar refractivity (Wildman–Crippen MR) is 235 cm³/mol. The minimum Gasteiger partial charge on any atom is -0.459 e. The van der Waals surface area contributed by atoms with Gasteiger partial charge in [-0.3, -0.25) is 4.79 Å². The fourth-order valence-electron chi connectivity index (χ4n) is 14.6. The molecule has 0 bridgehead atoms. The van der Waals surface area contributed by atoms with E-state index in [2.05, 4.69) is 6.92 Å². The van der Waals surface area contributed by atoms with Crippen LogP contribution in [0.1, 0.15) is 112 Å². The third-order valence-corrected chi connectivity index (χ3v) is 18.4. The van der Waals surface area contributed by atoms with Gasteiger partial charge in [0.25, 0.3) is 0 Å². The number of esters is 2. The fraction of sp³-hybridized carbons (Fsp3) is 0.918. The number of carbonyl (C=O) groups excluding carboxylic acids is 2. The minimum absolute atomic E-state index is 0.00421. The lowest BCUT2D eigenvalue weighted by molar-refractivity contribution is -0.355. The van der Waals surface area contributed by atoms with Crippen molar-refractivity contribution in [1.82, 2.24) is 0 Å². The molecule has 0 aromatic heterocycles. The Kier molecular flexibility index (Phi) is 15.1. The molecule has 5 aliphatic heterocycles. The van der Waals surface area contributed by atoms with Crippen LogP contribution in [-0.2, 0) is 57.0 Å². The summed E-state index contributed by atoms with van der Waals surface area (Å²) in [5.41, 5.74) is -1.01. The molecule has 5 heterocycles. The van der Waals surface area contributed by atoms with E-state index in [0.717, 1.165) is 37.7 Å². The normalized spacial score (nSPS) is 53.3. The van der Waals surface area contributed by atoms with E-state index in [1.165, 1.54) is 6.92 Å². The van der Waals surface area contributed by atoms with E-state index in [0.29, 0.717) is 25.2 Å². The molecular formula is C49H76O20. The zero-order valence-electron chi connectivity index (χ0n) is 40.5. The number of hydrogen-bond acceptors (Lipinski definition) is 20. The molecule has 4 saturated heterocycles. The van der Waals surface area contributed by atoms with Crippen LogP contribution >= 0.6 is 0 Å². The molecular weight excluding hydrogens is 909 g/mol. The number of aliphatic hydroxyl groups is 8. The monoisotopic (exact) mass is 984 g/mol. The molecule has 8 fully saturated rings. The molecule has 4 aliphatic carbocycles. The molecule has 26 atom stereocenters. The first-order valence-electron chi connectivity index (χ1n) is 25.3. The Morgan fingerprint density at radius 1 is 0.710 bits per heavy atom. The average Bonchev–Trinajstić information content (AvgIpc) is 3.84. The summed E-state index contributed by atoms with van der Waals surface area (Å²) in [4.78, 5) is 24.2. The van der Waals surface area contributed by atoms with Crippen molar-refractivity contribution >= 4 is 11.9 Å². The summed E-state index contributed by atoms with van der Waals surface area (Å²) in [6.45, 7) is 10.3. The van der Waals surface area contributed by atoms with Crippen molar-refractivity contribution in [3.63, 3.8) is 0 Å². The topological polar surface area (TPSA) is 288 Å². The quantitative estimate of drug-likeness (QED) is 0.104. The summed E-state index contributed by atoms with van der Waals surface area (Å²) in [6.07, 6.45) is -11.1. The second-order valence-corrected chi connectivity index (χ2v) is 22.2. The SMILES string of the molecule is CC(=O)O[C@@H]1C[C@H](O[C@@H]2C(C)O[C@@H](O[C@@H]3C(C)O[C@@H](O[C@H]4CC[C@@]5(C)[C@H](CC[C@@H]6[C@@H]5C[C@@H](O)[C@]5(C)[C@@H](C7=CC(=O)OC7)CC[C@]65O)C4)C[C@H]3O)C[C@H]2O)OC(C)[C@H]1O[C@@H]1OC(CO)[C@@H](O)[C@@H](O)C1O. The van der Waals surface area contributed by atoms with E-state index in [1.54, 1.807) is 26.8 Å². The van der Waals surface area contributed by atoms with E-state index in [9.17, 15) is 50.4 Å². The molecule has 20 nitrogen and oxygen atoms in total. The standard InChI is InChI=1S/C49H76O20/c1-21-43(67-38-17-32(53)44(22(2)62-38)68-39-18-33(64-24(4)51)45(23(3)63-39)69-46-42(58)41(57)40(56)34(19-50)66-46)31(52)16-37(61-21)65-27-9-11-47(5)26(14-27)7-8-29-30(47)15-35(54)48(6)28(10-12-49(29,48)59)25-13-36(55)60-20-25/h13,21-23,26-35,37-46,50,52-54,56-59H,7-12,14-20H2,1-6H3/t21?,22?,23?,26-,27+,28-,29-,30+,31-,32-,33-,34?,35-,37+,38+,39+,40-,41-,42?,43-,44-,45-,46+,47+,48+,49+/m1/s1. The zero-order valence-corrected chi connectivity index (χ0v) is 40.5. The van der Waals surface area contributed by atoms with Gasteiger partial charge in [-0.15, -0.1) is 0 Å². The lowest BCUT2D eigenvalue weighted by Gasteiger charge is -2.65. The van der Waals surface area contributed by atoms with E-state index in [-0.39, 0.29) is 61.1 Å². The highest BCUT2D eigenvalue weighted by Crippen LogP contribution is 2.70. The zero-order chi connectivity index (χ0) is 49.5. The van der Waals surface area contributed by atoms with Crippen LogP contribution in [0, 0.1) is 34.5 Å². The van der Waals surface area contributed by atoms with Gasteiger partial charge in [-0.2, -0.15) is 0 Å². The van der Waals surface area contributed by atoms with Crippen molar-refractivity contribution in [2.75, 3.05) is 13.2 Å². The summed E-state index contributed by atoms with van der Waals surface area (Å²) < 4.78 is 60.1. The van der Waals surface area contributed by atoms with Crippen molar-refractivity contribution < 1.29 is 97.8 Å². The predicted octanol–water partition coefficient (Wildman–Crippen LogP) is 0.613. The minimum atomic E-state index is -1.69. The molecule has 392 valence electrons. The lowest BCUT2D eigenvalue weighted by Crippen LogP contribution is -2.67. The van der Waals surface area contributed by atoms with Gasteiger partial charge < -0.3 is 88.2 Å². The van der Waals surface area contributed by atoms with Gasteiger partial charge in [0.05, 0.1) is 54.9 Å². The average molecular weight is 985 g/mol. The molecule has 69 heavy (non-hydrogen) atoms. The molecule has 0 aromatic rings. The van der Waals surface area contributed by atoms with Gasteiger partial charge in [0, 0.05) is 37.7 Å². The first-order chi connectivity index (χ1) is 32.6. The van der Waals surface area contributed by atoms with Crippen molar-refractivity contribution in [1.29, 1.82) is 0 Å². The summed E-state index contributed by atoms with van der Waals surface area (Å²) in [5.74, 6) is -0.580. The van der Waals surface area contributed by atoms with Crippen molar-refractivity contribution in [2.45, 2.75) is 234 Å². The Balaban J connectivity index is 0.752. The molecule has 0 amide bonds. The summed E-state index contributed by atoms with van der Waals surface area (Å²) in [6, 6.07) is 0. The second-order valence-electron chi connectivity index (χ2n) is 22.2. The van der Waals surface area contributed by atoms with Gasteiger partial charge >= 0.3 is 11.9 Å². The van der Waals surface area contributed by atoms with Crippen LogP contribution in [0.2, 0.25) is 0 Å². The second kappa shape index (κ2) is 20.0. The number of carbonyl (C=O) groups is 2. The molecule has 0 spiro atoms. The molecule has 4 saturated carbocycles. The van der Waals surface area contributed by atoms with Crippen LogP contribution in [-0.4, -0.2) is 188 Å². The number of aliphatic hydroxyl groups excluding tert-OH is 7. The number of rotatable bonds is 11. The van der Waals surface area contributed by atoms with Gasteiger partial charge in [-0.1, -0.05) is 13.8 Å².